The number of rotatable bonds is 2. The highest BCUT2D eigenvalue weighted by Crippen LogP contribution is 1.91. The average Bonchev–Trinajstić information content (AvgIpc) is 1.55. The van der Waals surface area contributed by atoms with Gasteiger partial charge in [-0.2, -0.15) is 0 Å². The molecule has 0 spiro atoms. The van der Waals surface area contributed by atoms with E-state index in [0.29, 0.717) is 0 Å². The maximum absolute atomic E-state index is 9.92. The maximum Gasteiger partial charge on any atom is 0.306 e. The molecule has 0 aromatic carbocycles. The molecule has 1 saturated heterocycles. The van der Waals surface area contributed by atoms with E-state index in [9.17, 15) is 4.79 Å². The summed E-state index contributed by atoms with van der Waals surface area (Å²) in [6, 6.07) is 0. The predicted molar refractivity (Wildman–Crippen MR) is 27.2 cm³/mol. The van der Waals surface area contributed by atoms with Crippen LogP contribution in [0, 0.1) is 0 Å². The van der Waals surface area contributed by atoms with Gasteiger partial charge in [-0.05, 0) is 0 Å². The molecule has 0 unspecified atom stereocenters. The van der Waals surface area contributed by atoms with Crippen molar-refractivity contribution in [3.63, 3.8) is 0 Å². The van der Waals surface area contributed by atoms with E-state index in [1.54, 1.807) is 0 Å². The van der Waals surface area contributed by atoms with Crippen molar-refractivity contribution in [3.05, 3.63) is 0 Å². The average molecular weight is 116 g/mol. The molecule has 4 nitrogen and oxygen atoms in total. The Kier molecular flexibility index (Phi) is 1.45. The zero-order valence-electron chi connectivity index (χ0n) is 4.35. The summed E-state index contributed by atoms with van der Waals surface area (Å²) in [6.07, 6.45) is 0.174. The summed E-state index contributed by atoms with van der Waals surface area (Å²) in [5, 5.41) is 13.9. The van der Waals surface area contributed by atoms with Gasteiger partial charge in [0.2, 0.25) is 0 Å². The highest BCUT2D eigenvalue weighted by atomic mass is 16.4. The molecule has 3 N–H and O–H groups in total. The Balaban J connectivity index is 2.09. The summed E-state index contributed by atoms with van der Waals surface area (Å²) in [5.41, 5.74) is 0. The van der Waals surface area contributed by atoms with Crippen LogP contribution in [-0.2, 0) is 4.79 Å². The molecule has 8 heavy (non-hydrogen) atoms. The van der Waals surface area contributed by atoms with Crippen molar-refractivity contribution in [2.45, 2.75) is 12.6 Å². The second-order valence-electron chi connectivity index (χ2n) is 1.74. The minimum atomic E-state index is -0.769. The SMILES string of the molecule is O=C(O)CC1NCN1. The fourth-order valence-corrected chi connectivity index (χ4v) is 0.565. The molecule has 1 heterocycles. The Bertz CT molecular complexity index is 100. The van der Waals surface area contributed by atoms with Gasteiger partial charge in [-0.1, -0.05) is 0 Å². The van der Waals surface area contributed by atoms with Gasteiger partial charge in [0.1, 0.15) is 0 Å². The summed E-state index contributed by atoms with van der Waals surface area (Å²) in [5.74, 6) is -0.769. The molecule has 0 radical (unpaired) electrons. The number of carbonyl (C=O) groups is 1. The first kappa shape index (κ1) is 5.53. The van der Waals surface area contributed by atoms with E-state index < -0.39 is 5.97 Å². The number of aliphatic carboxylic acids is 1. The van der Waals surface area contributed by atoms with Crippen molar-refractivity contribution in [3.8, 4) is 0 Å². The van der Waals surface area contributed by atoms with Crippen molar-refractivity contribution in [2.24, 2.45) is 0 Å². The second kappa shape index (κ2) is 2.11. The highest BCUT2D eigenvalue weighted by Gasteiger charge is 2.17. The van der Waals surface area contributed by atoms with Gasteiger partial charge in [-0.3, -0.25) is 15.4 Å². The Morgan fingerprint density at radius 2 is 2.38 bits per heavy atom. The van der Waals surface area contributed by atoms with Crippen LogP contribution in [0.2, 0.25) is 0 Å². The van der Waals surface area contributed by atoms with Crippen molar-refractivity contribution in [1.82, 2.24) is 10.6 Å². The van der Waals surface area contributed by atoms with Crippen LogP contribution in [0.15, 0.2) is 0 Å². The van der Waals surface area contributed by atoms with Crippen LogP contribution in [0.4, 0.5) is 0 Å². The summed E-state index contributed by atoms with van der Waals surface area (Å²) >= 11 is 0. The van der Waals surface area contributed by atoms with Crippen molar-refractivity contribution < 1.29 is 9.90 Å². The molecule has 46 valence electrons. The number of hydrogen-bond donors (Lipinski definition) is 3. The summed E-state index contributed by atoms with van der Waals surface area (Å²) < 4.78 is 0. The molecule has 0 aromatic rings. The first-order valence-electron chi connectivity index (χ1n) is 2.47. The Labute approximate surface area is 46.9 Å². The molecule has 0 amide bonds. The van der Waals surface area contributed by atoms with Crippen molar-refractivity contribution in [2.75, 3.05) is 6.67 Å². The highest BCUT2D eigenvalue weighted by molar-refractivity contribution is 5.67. The van der Waals surface area contributed by atoms with Crippen LogP contribution < -0.4 is 10.6 Å². The first-order chi connectivity index (χ1) is 3.79. The fourth-order valence-electron chi connectivity index (χ4n) is 0.565. The minimum absolute atomic E-state index is 0.00694. The van der Waals surface area contributed by atoms with E-state index in [1.807, 2.05) is 0 Å². The Morgan fingerprint density at radius 3 is 2.50 bits per heavy atom. The first-order valence-corrected chi connectivity index (χ1v) is 2.47. The number of carboxylic acid groups (broad SMARTS) is 1. The molecule has 1 aliphatic rings. The van der Waals surface area contributed by atoms with Crippen molar-refractivity contribution in [1.29, 1.82) is 0 Å². The van der Waals surface area contributed by atoms with Crippen LogP contribution in [0.3, 0.4) is 0 Å². The van der Waals surface area contributed by atoms with Gasteiger partial charge >= 0.3 is 5.97 Å². The lowest BCUT2D eigenvalue weighted by atomic mass is 10.3. The normalized spacial score (nSPS) is 20.0. The lowest BCUT2D eigenvalue weighted by Gasteiger charge is -2.27. The van der Waals surface area contributed by atoms with E-state index >= 15 is 0 Å². The van der Waals surface area contributed by atoms with E-state index in [1.165, 1.54) is 0 Å². The third-order valence-corrected chi connectivity index (χ3v) is 1.08. The zero-order valence-corrected chi connectivity index (χ0v) is 4.35. The number of hydrogen-bond acceptors (Lipinski definition) is 3. The van der Waals surface area contributed by atoms with Crippen molar-refractivity contribution >= 4 is 5.97 Å². The molecule has 0 saturated carbocycles. The standard InChI is InChI=1S/C4H8N2O2/c7-4(8)1-3-5-2-6-3/h3,5-6H,1-2H2,(H,7,8). The molecule has 0 aliphatic carbocycles. The van der Waals surface area contributed by atoms with Gasteiger partial charge in [0.05, 0.1) is 12.6 Å². The predicted octanol–water partition coefficient (Wildman–Crippen LogP) is -1.06. The zero-order chi connectivity index (χ0) is 5.98. The van der Waals surface area contributed by atoms with Gasteiger partial charge in [0, 0.05) is 6.67 Å². The van der Waals surface area contributed by atoms with E-state index in [0.717, 1.165) is 6.67 Å². The molecule has 1 aliphatic heterocycles. The number of carboxylic acids is 1. The van der Waals surface area contributed by atoms with Gasteiger partial charge < -0.3 is 5.11 Å². The van der Waals surface area contributed by atoms with E-state index in [4.69, 9.17) is 5.11 Å². The topological polar surface area (TPSA) is 61.4 Å². The molecule has 0 atom stereocenters. The van der Waals surface area contributed by atoms with Crippen LogP contribution in [0.1, 0.15) is 6.42 Å². The molecule has 1 rings (SSSR count). The van der Waals surface area contributed by atoms with Crippen LogP contribution in [0.5, 0.6) is 0 Å². The van der Waals surface area contributed by atoms with Gasteiger partial charge in [-0.25, -0.2) is 0 Å². The monoisotopic (exact) mass is 116 g/mol. The molecular formula is C4H8N2O2. The summed E-state index contributed by atoms with van der Waals surface area (Å²) in [4.78, 5) is 9.92. The van der Waals surface area contributed by atoms with E-state index in [2.05, 4.69) is 10.6 Å². The van der Waals surface area contributed by atoms with Crippen LogP contribution in [0.25, 0.3) is 0 Å². The fraction of sp³-hybridized carbons (Fsp3) is 0.750. The largest absolute Gasteiger partial charge is 0.481 e. The molecule has 0 aromatic heterocycles. The third-order valence-electron chi connectivity index (χ3n) is 1.08. The van der Waals surface area contributed by atoms with Gasteiger partial charge in [-0.15, -0.1) is 0 Å². The minimum Gasteiger partial charge on any atom is -0.481 e. The van der Waals surface area contributed by atoms with Gasteiger partial charge in [0.15, 0.2) is 0 Å². The Hall–Kier alpha value is -0.610. The lowest BCUT2D eigenvalue weighted by Crippen LogP contribution is -2.59. The summed E-state index contributed by atoms with van der Waals surface area (Å²) in [7, 11) is 0. The summed E-state index contributed by atoms with van der Waals surface area (Å²) in [6.45, 7) is 0.734. The Morgan fingerprint density at radius 1 is 1.75 bits per heavy atom. The number of nitrogens with one attached hydrogen (secondary N) is 2. The third kappa shape index (κ3) is 1.18. The molecule has 1 fully saturated rings. The molecule has 4 heteroatoms. The van der Waals surface area contributed by atoms with Gasteiger partial charge in [0.25, 0.3) is 0 Å². The second-order valence-corrected chi connectivity index (χ2v) is 1.74. The maximum atomic E-state index is 9.92. The smallest absolute Gasteiger partial charge is 0.306 e. The lowest BCUT2D eigenvalue weighted by molar-refractivity contribution is -0.138. The molecule has 0 bridgehead atoms. The van der Waals surface area contributed by atoms with Crippen LogP contribution >= 0.6 is 0 Å². The quantitative estimate of drug-likeness (QED) is 0.430. The molecular weight excluding hydrogens is 108 g/mol. The van der Waals surface area contributed by atoms with E-state index in [-0.39, 0.29) is 12.6 Å². The van der Waals surface area contributed by atoms with Crippen LogP contribution in [-0.4, -0.2) is 23.9 Å².